The molecule has 10 nitrogen and oxygen atoms in total. The van der Waals surface area contributed by atoms with Crippen molar-refractivity contribution in [3.05, 3.63) is 76.3 Å². The Hall–Kier alpha value is -4.05. The van der Waals surface area contributed by atoms with Crippen LogP contribution < -0.4 is 14.5 Å². The summed E-state index contributed by atoms with van der Waals surface area (Å²) in [7, 11) is 0. The maximum Gasteiger partial charge on any atom is 0.318 e. The van der Waals surface area contributed by atoms with Crippen LogP contribution in [0.25, 0.3) is 15.6 Å². The van der Waals surface area contributed by atoms with Gasteiger partial charge < -0.3 is 29.0 Å². The Bertz CT molecular complexity index is 1750. The Kier molecular flexibility index (Phi) is 8.87. The van der Waals surface area contributed by atoms with Crippen LogP contribution >= 0.6 is 11.6 Å². The Morgan fingerprint density at radius 1 is 1.17 bits per heavy atom. The number of hydrogen-bond donors (Lipinski definition) is 0. The number of carbonyl (C=O) groups is 1. The number of anilines is 2. The van der Waals surface area contributed by atoms with Gasteiger partial charge in [0.1, 0.15) is 17.7 Å². The van der Waals surface area contributed by atoms with Crippen LogP contribution in [0.1, 0.15) is 24.1 Å². The molecule has 7 rings (SSSR count). The fourth-order valence-corrected chi connectivity index (χ4v) is 7.66. The second-order valence-electron chi connectivity index (χ2n) is 12.5. The molecule has 1 aromatic heterocycles. The Morgan fingerprint density at radius 3 is 2.81 bits per heavy atom. The zero-order chi connectivity index (χ0) is 32.7. The fraction of sp³-hybridized carbons (Fsp3) is 0.471. The van der Waals surface area contributed by atoms with Crippen molar-refractivity contribution in [3.63, 3.8) is 0 Å². The molecule has 13 heteroatoms. The number of rotatable bonds is 9. The molecule has 4 aliphatic rings. The number of likely N-dealkylation sites (tertiary alicyclic amines) is 1. The lowest BCUT2D eigenvalue weighted by Gasteiger charge is -2.41. The van der Waals surface area contributed by atoms with Crippen LogP contribution in [0.5, 0.6) is 6.01 Å². The van der Waals surface area contributed by atoms with Gasteiger partial charge >= 0.3 is 6.01 Å². The summed E-state index contributed by atoms with van der Waals surface area (Å²) in [6, 6.07) is 9.11. The Labute approximate surface area is 277 Å². The fourth-order valence-electron chi connectivity index (χ4n) is 7.39. The predicted octanol–water partition coefficient (Wildman–Crippen LogP) is 4.65. The SMILES string of the molecule is [C-]#[N+]C[C@H]1CN(c2nc(OCCCN3C[C@@H]4CC3CO4)nc3c2CCN(c2cccc4ccc(F)c(Cl)c24)C3)CCN1C(=O)C(=C)F. The van der Waals surface area contributed by atoms with E-state index in [4.69, 9.17) is 37.6 Å². The summed E-state index contributed by atoms with van der Waals surface area (Å²) in [6.07, 6.45) is 2.85. The van der Waals surface area contributed by atoms with E-state index in [0.717, 1.165) is 54.9 Å². The molecule has 3 fully saturated rings. The molecule has 2 aromatic carbocycles. The average molecular weight is 664 g/mol. The van der Waals surface area contributed by atoms with Crippen LogP contribution in [0.4, 0.5) is 20.3 Å². The van der Waals surface area contributed by atoms with Crippen molar-refractivity contribution in [2.24, 2.45) is 0 Å². The van der Waals surface area contributed by atoms with Gasteiger partial charge in [-0.2, -0.15) is 9.97 Å². The third kappa shape index (κ3) is 6.20. The second kappa shape index (κ2) is 13.2. The van der Waals surface area contributed by atoms with E-state index in [1.807, 2.05) is 18.2 Å². The molecule has 3 atom stereocenters. The lowest BCUT2D eigenvalue weighted by molar-refractivity contribution is -0.131. The lowest BCUT2D eigenvalue weighted by atomic mass is 10.0. The largest absolute Gasteiger partial charge is 0.463 e. The first-order valence-corrected chi connectivity index (χ1v) is 16.4. The number of hydrogen-bond acceptors (Lipinski definition) is 8. The van der Waals surface area contributed by atoms with Crippen molar-refractivity contribution < 1.29 is 23.0 Å². The number of amides is 1. The highest BCUT2D eigenvalue weighted by Gasteiger charge is 2.39. The summed E-state index contributed by atoms with van der Waals surface area (Å²) in [5.41, 5.74) is 2.56. The van der Waals surface area contributed by atoms with Gasteiger partial charge in [0, 0.05) is 61.9 Å². The molecule has 47 heavy (non-hydrogen) atoms. The summed E-state index contributed by atoms with van der Waals surface area (Å²) in [6.45, 7) is 15.7. The van der Waals surface area contributed by atoms with E-state index in [0.29, 0.717) is 62.6 Å². The van der Waals surface area contributed by atoms with E-state index in [-0.39, 0.29) is 24.1 Å². The molecule has 0 radical (unpaired) electrons. The van der Waals surface area contributed by atoms with E-state index in [9.17, 15) is 13.6 Å². The molecule has 1 amide bonds. The van der Waals surface area contributed by atoms with Crippen LogP contribution in [-0.4, -0.2) is 103 Å². The standard InChI is InChI=1S/C34H36ClF2N7O3/c1-21(36)33(45)44-13-12-43(17-24(44)16-38-2)32-26-9-11-42(29-6-3-5-22-7-8-27(37)31(35)30(22)29)19-28(26)39-34(40-32)46-14-4-10-41-18-25-15-23(41)20-47-25/h3,5-8,23-25H,1,4,9-20H2/t23?,24-,25-/m0/s1. The van der Waals surface area contributed by atoms with Crippen LogP contribution in [-0.2, 0) is 22.5 Å². The highest BCUT2D eigenvalue weighted by Crippen LogP contribution is 2.38. The minimum Gasteiger partial charge on any atom is -0.463 e. The molecule has 5 heterocycles. The Morgan fingerprint density at radius 2 is 2.04 bits per heavy atom. The number of carbonyl (C=O) groups excluding carboxylic acids is 1. The minimum absolute atomic E-state index is 0.0295. The topological polar surface area (TPSA) is 78.6 Å². The Balaban J connectivity index is 1.16. The van der Waals surface area contributed by atoms with Gasteiger partial charge in [-0.3, -0.25) is 9.69 Å². The van der Waals surface area contributed by atoms with Crippen molar-refractivity contribution in [3.8, 4) is 6.01 Å². The van der Waals surface area contributed by atoms with Crippen LogP contribution in [0.3, 0.4) is 0 Å². The third-order valence-corrected chi connectivity index (χ3v) is 10.1. The van der Waals surface area contributed by atoms with Gasteiger partial charge in [-0.05, 0) is 36.8 Å². The molecule has 0 aliphatic carbocycles. The van der Waals surface area contributed by atoms with Crippen molar-refractivity contribution in [2.75, 3.05) is 68.8 Å². The van der Waals surface area contributed by atoms with Crippen LogP contribution in [0, 0.1) is 12.4 Å². The average Bonchev–Trinajstić information content (AvgIpc) is 3.71. The van der Waals surface area contributed by atoms with E-state index < -0.39 is 23.6 Å². The van der Waals surface area contributed by atoms with E-state index in [1.165, 1.54) is 11.0 Å². The maximum atomic E-state index is 14.6. The first kappa shape index (κ1) is 31.5. The zero-order valence-electron chi connectivity index (χ0n) is 26.0. The quantitative estimate of drug-likeness (QED) is 0.186. The lowest BCUT2D eigenvalue weighted by Crippen LogP contribution is -2.57. The summed E-state index contributed by atoms with van der Waals surface area (Å²) in [5.74, 6) is -1.60. The number of fused-ring (bicyclic) bond motifs is 4. The molecular formula is C34H36ClF2N7O3. The normalized spacial score (nSPS) is 22.4. The number of piperazine rings is 1. The number of benzene rings is 2. The van der Waals surface area contributed by atoms with Crippen molar-refractivity contribution in [2.45, 2.75) is 44.0 Å². The molecule has 0 spiro atoms. The molecule has 3 aromatic rings. The van der Waals surface area contributed by atoms with Gasteiger partial charge in [-0.1, -0.05) is 36.4 Å². The smallest absolute Gasteiger partial charge is 0.318 e. The van der Waals surface area contributed by atoms with Gasteiger partial charge in [-0.25, -0.2) is 15.4 Å². The molecule has 0 N–H and O–H groups in total. The van der Waals surface area contributed by atoms with Gasteiger partial charge in [0.25, 0.3) is 5.91 Å². The molecule has 246 valence electrons. The summed E-state index contributed by atoms with van der Waals surface area (Å²) in [5, 5.41) is 1.59. The van der Waals surface area contributed by atoms with Crippen molar-refractivity contribution >= 4 is 39.8 Å². The van der Waals surface area contributed by atoms with Crippen LogP contribution in [0.15, 0.2) is 42.7 Å². The molecule has 4 aliphatic heterocycles. The first-order valence-electron chi connectivity index (χ1n) is 16.0. The molecule has 0 saturated carbocycles. The number of morpholine rings is 1. The van der Waals surface area contributed by atoms with Gasteiger partial charge in [-0.15, -0.1) is 0 Å². The summed E-state index contributed by atoms with van der Waals surface area (Å²) < 4.78 is 40.3. The maximum absolute atomic E-state index is 14.6. The summed E-state index contributed by atoms with van der Waals surface area (Å²) in [4.78, 5) is 33.9. The molecule has 3 saturated heterocycles. The monoisotopic (exact) mass is 663 g/mol. The predicted molar refractivity (Wildman–Crippen MR) is 175 cm³/mol. The van der Waals surface area contributed by atoms with E-state index in [2.05, 4.69) is 26.1 Å². The number of aromatic nitrogens is 2. The molecule has 1 unspecified atom stereocenters. The molecule has 2 bridgehead atoms. The highest BCUT2D eigenvalue weighted by molar-refractivity contribution is 6.36. The summed E-state index contributed by atoms with van der Waals surface area (Å²) >= 11 is 6.49. The van der Waals surface area contributed by atoms with Gasteiger partial charge in [0.15, 0.2) is 5.83 Å². The van der Waals surface area contributed by atoms with Crippen LogP contribution in [0.2, 0.25) is 5.02 Å². The number of halogens is 3. The van der Waals surface area contributed by atoms with Crippen molar-refractivity contribution in [1.29, 1.82) is 0 Å². The third-order valence-electron chi connectivity index (χ3n) is 9.69. The highest BCUT2D eigenvalue weighted by atomic mass is 35.5. The van der Waals surface area contributed by atoms with Crippen molar-refractivity contribution in [1.82, 2.24) is 19.8 Å². The minimum atomic E-state index is -1.04. The first-order chi connectivity index (χ1) is 22.8. The number of nitrogens with zero attached hydrogens (tertiary/aromatic N) is 7. The second-order valence-corrected chi connectivity index (χ2v) is 12.9. The van der Waals surface area contributed by atoms with E-state index >= 15 is 0 Å². The molecular weight excluding hydrogens is 628 g/mol. The van der Waals surface area contributed by atoms with Gasteiger partial charge in [0.05, 0.1) is 36.6 Å². The van der Waals surface area contributed by atoms with Gasteiger partial charge in [0.2, 0.25) is 6.54 Å². The van der Waals surface area contributed by atoms with E-state index in [1.54, 1.807) is 6.07 Å². The zero-order valence-corrected chi connectivity index (χ0v) is 26.8. The number of ether oxygens (including phenoxy) is 2.